The third kappa shape index (κ3) is 1.31. The second-order valence-corrected chi connectivity index (χ2v) is 2.10. The number of hydrogen-bond donors (Lipinski definition) is 0. The zero-order valence-corrected chi connectivity index (χ0v) is 6.30. The summed E-state index contributed by atoms with van der Waals surface area (Å²) in [5, 5.41) is 16.2. The van der Waals surface area contributed by atoms with E-state index >= 15 is 0 Å². The number of nitriles is 2. The van der Waals surface area contributed by atoms with Crippen molar-refractivity contribution in [3.8, 4) is 12.1 Å². The smallest absolute Gasteiger partial charge is 0.206 e. The number of nitrogens with zero attached hydrogens (tertiary/aromatic N) is 4. The van der Waals surface area contributed by atoms with Crippen molar-refractivity contribution < 1.29 is 4.39 Å². The highest BCUT2D eigenvalue weighted by molar-refractivity contribution is 6.31. The van der Waals surface area contributed by atoms with E-state index in [1.54, 1.807) is 0 Å². The van der Waals surface area contributed by atoms with Crippen LogP contribution < -0.4 is 0 Å². The lowest BCUT2D eigenvalue weighted by atomic mass is 10.4. The zero-order chi connectivity index (χ0) is 9.14. The molecule has 0 fully saturated rings. The highest BCUT2D eigenvalue weighted by atomic mass is 35.5. The lowest BCUT2D eigenvalue weighted by molar-refractivity contribution is 0.577. The Morgan fingerprint density at radius 3 is 2.42 bits per heavy atom. The molecular weight excluding hydrogens is 183 g/mol. The molecule has 0 aliphatic carbocycles. The Morgan fingerprint density at radius 1 is 1.25 bits per heavy atom. The minimum atomic E-state index is -1.06. The first-order valence-corrected chi connectivity index (χ1v) is 3.10. The van der Waals surface area contributed by atoms with Crippen molar-refractivity contribution in [1.82, 2.24) is 9.97 Å². The van der Waals surface area contributed by atoms with Crippen molar-refractivity contribution in [3.63, 3.8) is 0 Å². The maximum absolute atomic E-state index is 12.6. The summed E-state index contributed by atoms with van der Waals surface area (Å²) in [5.41, 5.74) is -0.333. The fourth-order valence-corrected chi connectivity index (χ4v) is 0.671. The summed E-state index contributed by atoms with van der Waals surface area (Å²) in [6, 6.07) is 3.03. The van der Waals surface area contributed by atoms with Crippen LogP contribution in [-0.4, -0.2) is 9.97 Å². The molecule has 0 amide bonds. The highest BCUT2D eigenvalue weighted by Gasteiger charge is 2.11. The molecule has 0 radical (unpaired) electrons. The van der Waals surface area contributed by atoms with Gasteiger partial charge in [0.15, 0.2) is 5.69 Å². The maximum atomic E-state index is 12.6. The van der Waals surface area contributed by atoms with Crippen LogP contribution in [0.2, 0.25) is 5.02 Å². The molecule has 0 N–H and O–H groups in total. The molecule has 0 spiro atoms. The van der Waals surface area contributed by atoms with Crippen LogP contribution in [0.3, 0.4) is 0 Å². The van der Waals surface area contributed by atoms with Gasteiger partial charge >= 0.3 is 0 Å². The molecule has 58 valence electrons. The monoisotopic (exact) mass is 182 g/mol. The molecule has 1 heterocycles. The molecule has 0 aromatic carbocycles. The van der Waals surface area contributed by atoms with Crippen molar-refractivity contribution >= 4 is 11.6 Å². The molecule has 0 bridgehead atoms. The van der Waals surface area contributed by atoms with E-state index in [9.17, 15) is 4.39 Å². The van der Waals surface area contributed by atoms with Crippen molar-refractivity contribution in [2.45, 2.75) is 0 Å². The SMILES string of the molecule is N#Cc1nc(F)c(Cl)c(C#N)n1. The summed E-state index contributed by atoms with van der Waals surface area (Å²) in [7, 11) is 0. The van der Waals surface area contributed by atoms with Crippen LogP contribution in [0.4, 0.5) is 4.39 Å². The first-order valence-electron chi connectivity index (χ1n) is 2.72. The Hall–Kier alpha value is -1.72. The molecule has 4 nitrogen and oxygen atoms in total. The molecule has 12 heavy (non-hydrogen) atoms. The quantitative estimate of drug-likeness (QED) is 0.562. The third-order valence-corrected chi connectivity index (χ3v) is 1.35. The molecule has 6 heteroatoms. The lowest BCUT2D eigenvalue weighted by Gasteiger charge is -1.94. The van der Waals surface area contributed by atoms with E-state index in [1.165, 1.54) is 12.1 Å². The van der Waals surface area contributed by atoms with E-state index in [1.807, 2.05) is 0 Å². The number of aromatic nitrogens is 2. The summed E-state index contributed by atoms with van der Waals surface area (Å²) in [5.74, 6) is -1.46. The zero-order valence-electron chi connectivity index (χ0n) is 5.54. The van der Waals surface area contributed by atoms with E-state index in [0.29, 0.717) is 0 Å². The van der Waals surface area contributed by atoms with Crippen LogP contribution >= 0.6 is 11.6 Å². The van der Waals surface area contributed by atoms with Crippen molar-refractivity contribution in [2.75, 3.05) is 0 Å². The Balaban J connectivity index is 3.44. The van der Waals surface area contributed by atoms with Gasteiger partial charge in [-0.3, -0.25) is 0 Å². The largest absolute Gasteiger partial charge is 0.237 e. The van der Waals surface area contributed by atoms with Gasteiger partial charge in [0.25, 0.3) is 0 Å². The van der Waals surface area contributed by atoms with Gasteiger partial charge in [-0.15, -0.1) is 0 Å². The fraction of sp³-hybridized carbons (Fsp3) is 0. The van der Waals surface area contributed by atoms with Crippen molar-refractivity contribution in [3.05, 3.63) is 22.5 Å². The first-order chi connectivity index (χ1) is 5.69. The van der Waals surface area contributed by atoms with E-state index in [0.717, 1.165) is 0 Å². The molecule has 1 aromatic heterocycles. The van der Waals surface area contributed by atoms with Gasteiger partial charge < -0.3 is 0 Å². The molecular formula is C6ClFN4. The normalized spacial score (nSPS) is 8.67. The van der Waals surface area contributed by atoms with Crippen LogP contribution in [0.15, 0.2) is 0 Å². The van der Waals surface area contributed by atoms with Gasteiger partial charge in [-0.1, -0.05) is 11.6 Å². The minimum Gasteiger partial charge on any atom is -0.206 e. The van der Waals surface area contributed by atoms with Crippen LogP contribution in [0.1, 0.15) is 11.5 Å². The topological polar surface area (TPSA) is 73.4 Å². The minimum absolute atomic E-state index is 0.333. The van der Waals surface area contributed by atoms with Gasteiger partial charge in [-0.2, -0.15) is 19.9 Å². The average Bonchev–Trinajstić information content (AvgIpc) is 2.09. The predicted octanol–water partition coefficient (Wildman–Crippen LogP) is 1.01. The van der Waals surface area contributed by atoms with Crippen LogP contribution in [-0.2, 0) is 0 Å². The van der Waals surface area contributed by atoms with Gasteiger partial charge in [0.05, 0.1) is 0 Å². The molecule has 0 atom stereocenters. The van der Waals surface area contributed by atoms with Gasteiger partial charge in [-0.25, -0.2) is 4.98 Å². The first kappa shape index (κ1) is 8.38. The van der Waals surface area contributed by atoms with Gasteiger partial charge in [0.2, 0.25) is 11.8 Å². The number of halogens is 2. The van der Waals surface area contributed by atoms with Gasteiger partial charge in [-0.05, 0) is 0 Å². The average molecular weight is 183 g/mol. The summed E-state index contributed by atoms with van der Waals surface area (Å²) < 4.78 is 12.6. The van der Waals surface area contributed by atoms with Crippen LogP contribution in [0.5, 0.6) is 0 Å². The second kappa shape index (κ2) is 3.12. The molecule has 1 rings (SSSR count). The van der Waals surface area contributed by atoms with Gasteiger partial charge in [0, 0.05) is 0 Å². The molecule has 0 aliphatic rings. The number of rotatable bonds is 0. The molecule has 0 saturated heterocycles. The van der Waals surface area contributed by atoms with Crippen molar-refractivity contribution in [1.29, 1.82) is 10.5 Å². The Morgan fingerprint density at radius 2 is 1.92 bits per heavy atom. The standard InChI is InChI=1S/C6ClFN4/c7-5-3(1-9)11-4(2-10)12-6(5)8. The van der Waals surface area contributed by atoms with E-state index < -0.39 is 16.8 Å². The Bertz CT molecular complexity index is 403. The van der Waals surface area contributed by atoms with Crippen molar-refractivity contribution in [2.24, 2.45) is 0 Å². The van der Waals surface area contributed by atoms with Crippen LogP contribution in [0.25, 0.3) is 0 Å². The molecule has 0 aliphatic heterocycles. The number of hydrogen-bond acceptors (Lipinski definition) is 4. The Kier molecular flexibility index (Phi) is 2.18. The van der Waals surface area contributed by atoms with E-state index in [-0.39, 0.29) is 5.69 Å². The summed E-state index contributed by atoms with van der Waals surface area (Å²) in [6.45, 7) is 0. The summed E-state index contributed by atoms with van der Waals surface area (Å²) in [6.07, 6.45) is 0. The predicted molar refractivity (Wildman–Crippen MR) is 36.4 cm³/mol. The molecule has 0 saturated carbocycles. The highest BCUT2D eigenvalue weighted by Crippen LogP contribution is 2.15. The molecule has 1 aromatic rings. The summed E-state index contributed by atoms with van der Waals surface area (Å²) in [4.78, 5) is 6.44. The molecule has 0 unspecified atom stereocenters. The van der Waals surface area contributed by atoms with Gasteiger partial charge in [0.1, 0.15) is 17.2 Å². The van der Waals surface area contributed by atoms with E-state index in [4.69, 9.17) is 22.1 Å². The third-order valence-electron chi connectivity index (χ3n) is 1.02. The lowest BCUT2D eigenvalue weighted by Crippen LogP contribution is -1.97. The fourth-order valence-electron chi connectivity index (χ4n) is 0.544. The second-order valence-electron chi connectivity index (χ2n) is 1.72. The summed E-state index contributed by atoms with van der Waals surface area (Å²) >= 11 is 5.29. The maximum Gasteiger partial charge on any atom is 0.237 e. The van der Waals surface area contributed by atoms with E-state index in [2.05, 4.69) is 9.97 Å². The Labute approximate surface area is 71.9 Å². The van der Waals surface area contributed by atoms with Crippen LogP contribution in [0, 0.1) is 28.6 Å².